The van der Waals surface area contributed by atoms with Crippen LogP contribution in [0.2, 0.25) is 0 Å². The van der Waals surface area contributed by atoms with Crippen LogP contribution in [0.3, 0.4) is 0 Å². The molecule has 0 aliphatic carbocycles. The van der Waals surface area contributed by atoms with Gasteiger partial charge in [-0.3, -0.25) is 4.90 Å². The molecule has 1 aromatic carbocycles. The van der Waals surface area contributed by atoms with Crippen LogP contribution in [0.5, 0.6) is 5.75 Å². The molecule has 1 saturated heterocycles. The van der Waals surface area contributed by atoms with E-state index in [9.17, 15) is 0 Å². The molecule has 2 rings (SSSR count). The van der Waals surface area contributed by atoms with Crippen molar-refractivity contribution in [3.63, 3.8) is 0 Å². The van der Waals surface area contributed by atoms with Gasteiger partial charge in [-0.1, -0.05) is 18.2 Å². The number of nitrogens with zero attached hydrogens (tertiary/aromatic N) is 1. The maximum atomic E-state index is 5.33. The minimum Gasteiger partial charge on any atom is -0.496 e. The van der Waals surface area contributed by atoms with E-state index in [0.717, 1.165) is 38.6 Å². The summed E-state index contributed by atoms with van der Waals surface area (Å²) in [6.07, 6.45) is 0. The molecule has 3 heteroatoms. The smallest absolute Gasteiger partial charge is 0.123 e. The van der Waals surface area contributed by atoms with E-state index in [4.69, 9.17) is 9.47 Å². The van der Waals surface area contributed by atoms with Crippen molar-refractivity contribution in [2.45, 2.75) is 6.54 Å². The lowest BCUT2D eigenvalue weighted by molar-refractivity contribution is 0.0339. The molecular weight excluding hydrogens is 190 g/mol. The van der Waals surface area contributed by atoms with E-state index in [1.165, 1.54) is 5.56 Å². The Morgan fingerprint density at radius 1 is 1.27 bits per heavy atom. The van der Waals surface area contributed by atoms with Gasteiger partial charge in [-0.05, 0) is 6.07 Å². The zero-order valence-electron chi connectivity index (χ0n) is 9.11. The monoisotopic (exact) mass is 207 g/mol. The molecule has 0 spiro atoms. The molecule has 0 bridgehead atoms. The summed E-state index contributed by atoms with van der Waals surface area (Å²) in [6.45, 7) is 4.66. The van der Waals surface area contributed by atoms with E-state index in [1.54, 1.807) is 7.11 Å². The maximum absolute atomic E-state index is 5.33. The molecule has 3 nitrogen and oxygen atoms in total. The molecular formula is C12H17NO2. The first-order chi connectivity index (χ1) is 7.40. The predicted octanol–water partition coefficient (Wildman–Crippen LogP) is 1.53. The number of hydrogen-bond donors (Lipinski definition) is 0. The van der Waals surface area contributed by atoms with Gasteiger partial charge in [0, 0.05) is 25.2 Å². The number of benzene rings is 1. The molecule has 1 aliphatic rings. The zero-order chi connectivity index (χ0) is 10.5. The highest BCUT2D eigenvalue weighted by Crippen LogP contribution is 2.19. The van der Waals surface area contributed by atoms with Crippen LogP contribution in [0.4, 0.5) is 0 Å². The van der Waals surface area contributed by atoms with E-state index < -0.39 is 0 Å². The molecule has 15 heavy (non-hydrogen) atoms. The third kappa shape index (κ3) is 2.70. The summed E-state index contributed by atoms with van der Waals surface area (Å²) in [4.78, 5) is 2.39. The van der Waals surface area contributed by atoms with Gasteiger partial charge in [-0.2, -0.15) is 0 Å². The van der Waals surface area contributed by atoms with E-state index in [-0.39, 0.29) is 0 Å². The van der Waals surface area contributed by atoms with Gasteiger partial charge in [0.2, 0.25) is 0 Å². The molecule has 0 amide bonds. The quantitative estimate of drug-likeness (QED) is 0.750. The van der Waals surface area contributed by atoms with Gasteiger partial charge in [-0.15, -0.1) is 0 Å². The average molecular weight is 207 g/mol. The summed E-state index contributed by atoms with van der Waals surface area (Å²) < 4.78 is 10.7. The van der Waals surface area contributed by atoms with Crippen LogP contribution in [0.15, 0.2) is 24.3 Å². The van der Waals surface area contributed by atoms with Gasteiger partial charge in [0.15, 0.2) is 0 Å². The summed E-state index contributed by atoms with van der Waals surface area (Å²) >= 11 is 0. The van der Waals surface area contributed by atoms with Gasteiger partial charge in [0.25, 0.3) is 0 Å². The SMILES string of the molecule is COc1ccccc1CN1CCOCC1. The van der Waals surface area contributed by atoms with Gasteiger partial charge >= 0.3 is 0 Å². The summed E-state index contributed by atoms with van der Waals surface area (Å²) in [5.41, 5.74) is 1.25. The van der Waals surface area contributed by atoms with Crippen LogP contribution in [0, 0.1) is 0 Å². The zero-order valence-corrected chi connectivity index (χ0v) is 9.11. The number of ether oxygens (including phenoxy) is 2. The summed E-state index contributed by atoms with van der Waals surface area (Å²) in [6, 6.07) is 8.18. The fourth-order valence-corrected chi connectivity index (χ4v) is 1.83. The number of rotatable bonds is 3. The largest absolute Gasteiger partial charge is 0.496 e. The van der Waals surface area contributed by atoms with Crippen molar-refractivity contribution in [3.8, 4) is 5.75 Å². The highest BCUT2D eigenvalue weighted by molar-refractivity contribution is 5.33. The van der Waals surface area contributed by atoms with Crippen molar-refractivity contribution < 1.29 is 9.47 Å². The number of methoxy groups -OCH3 is 1. The highest BCUT2D eigenvalue weighted by Gasteiger charge is 2.12. The van der Waals surface area contributed by atoms with Gasteiger partial charge in [-0.25, -0.2) is 0 Å². The predicted molar refractivity (Wildman–Crippen MR) is 59.1 cm³/mol. The van der Waals surface area contributed by atoms with E-state index >= 15 is 0 Å². The lowest BCUT2D eigenvalue weighted by Crippen LogP contribution is -2.35. The molecule has 1 heterocycles. The molecule has 0 aromatic heterocycles. The fourth-order valence-electron chi connectivity index (χ4n) is 1.83. The molecule has 1 aromatic rings. The van der Waals surface area contributed by atoms with Crippen LogP contribution in [0.1, 0.15) is 5.56 Å². The van der Waals surface area contributed by atoms with Crippen LogP contribution in [0.25, 0.3) is 0 Å². The van der Waals surface area contributed by atoms with Crippen LogP contribution >= 0.6 is 0 Å². The first-order valence-electron chi connectivity index (χ1n) is 5.32. The Labute approximate surface area is 90.6 Å². The Hall–Kier alpha value is -1.06. The number of morpholine rings is 1. The Bertz CT molecular complexity index is 308. The minimum absolute atomic E-state index is 0.842. The standard InChI is InChI=1S/C12H17NO2/c1-14-12-5-3-2-4-11(12)10-13-6-8-15-9-7-13/h2-5H,6-10H2,1H3. The number of para-hydroxylation sites is 1. The maximum Gasteiger partial charge on any atom is 0.123 e. The fraction of sp³-hybridized carbons (Fsp3) is 0.500. The lowest BCUT2D eigenvalue weighted by Gasteiger charge is -2.27. The van der Waals surface area contributed by atoms with Gasteiger partial charge in [0.1, 0.15) is 5.75 Å². The Morgan fingerprint density at radius 2 is 2.00 bits per heavy atom. The Morgan fingerprint density at radius 3 is 2.73 bits per heavy atom. The third-order valence-electron chi connectivity index (χ3n) is 2.69. The molecule has 0 N–H and O–H groups in total. The van der Waals surface area contributed by atoms with Crippen molar-refractivity contribution in [3.05, 3.63) is 29.8 Å². The molecule has 0 atom stereocenters. The average Bonchev–Trinajstić information content (AvgIpc) is 2.31. The third-order valence-corrected chi connectivity index (χ3v) is 2.69. The summed E-state index contributed by atoms with van der Waals surface area (Å²) in [5.74, 6) is 0.976. The molecule has 0 radical (unpaired) electrons. The Kier molecular flexibility index (Phi) is 3.59. The second-order valence-corrected chi connectivity index (χ2v) is 3.70. The normalized spacial score (nSPS) is 17.7. The topological polar surface area (TPSA) is 21.7 Å². The summed E-state index contributed by atoms with van der Waals surface area (Å²) in [7, 11) is 1.72. The second kappa shape index (κ2) is 5.14. The van der Waals surface area contributed by atoms with Crippen molar-refractivity contribution in [1.29, 1.82) is 0 Å². The van der Waals surface area contributed by atoms with E-state index in [0.29, 0.717) is 0 Å². The van der Waals surface area contributed by atoms with Gasteiger partial charge < -0.3 is 9.47 Å². The van der Waals surface area contributed by atoms with Crippen LogP contribution in [-0.2, 0) is 11.3 Å². The van der Waals surface area contributed by atoms with Gasteiger partial charge in [0.05, 0.1) is 20.3 Å². The molecule has 82 valence electrons. The number of hydrogen-bond acceptors (Lipinski definition) is 3. The van der Waals surface area contributed by atoms with E-state index in [2.05, 4.69) is 17.0 Å². The first-order valence-corrected chi connectivity index (χ1v) is 5.32. The molecule has 0 unspecified atom stereocenters. The molecule has 1 fully saturated rings. The lowest BCUT2D eigenvalue weighted by atomic mass is 10.2. The Balaban J connectivity index is 2.02. The van der Waals surface area contributed by atoms with Crippen molar-refractivity contribution >= 4 is 0 Å². The minimum atomic E-state index is 0.842. The highest BCUT2D eigenvalue weighted by atomic mass is 16.5. The van der Waals surface area contributed by atoms with Crippen molar-refractivity contribution in [2.24, 2.45) is 0 Å². The molecule has 0 saturated carbocycles. The van der Waals surface area contributed by atoms with Crippen LogP contribution in [-0.4, -0.2) is 38.3 Å². The van der Waals surface area contributed by atoms with Crippen molar-refractivity contribution in [2.75, 3.05) is 33.4 Å². The van der Waals surface area contributed by atoms with Crippen molar-refractivity contribution in [1.82, 2.24) is 4.90 Å². The first kappa shape index (κ1) is 10.5. The van der Waals surface area contributed by atoms with E-state index in [1.807, 2.05) is 12.1 Å². The second-order valence-electron chi connectivity index (χ2n) is 3.70. The summed E-state index contributed by atoms with van der Waals surface area (Å²) in [5, 5.41) is 0. The molecule has 1 aliphatic heterocycles. The van der Waals surface area contributed by atoms with Crippen LogP contribution < -0.4 is 4.74 Å².